The van der Waals surface area contributed by atoms with Crippen molar-refractivity contribution in [1.29, 1.82) is 0 Å². The summed E-state index contributed by atoms with van der Waals surface area (Å²) >= 11 is 0. The molecule has 2 rings (SSSR count). The topological polar surface area (TPSA) is 29.5 Å². The Bertz CT molecular complexity index is 391. The van der Waals surface area contributed by atoms with Gasteiger partial charge < -0.3 is 4.74 Å². The van der Waals surface area contributed by atoms with Gasteiger partial charge in [-0.25, -0.2) is 0 Å². The first-order valence-electron chi connectivity index (χ1n) is 6.58. The van der Waals surface area contributed by atoms with Crippen LogP contribution in [0.3, 0.4) is 0 Å². The maximum Gasteiger partial charge on any atom is 0.302 e. The van der Waals surface area contributed by atoms with Crippen LogP contribution in [0.15, 0.2) is 30.3 Å². The van der Waals surface area contributed by atoms with Crippen molar-refractivity contribution >= 4 is 5.97 Å². The summed E-state index contributed by atoms with van der Waals surface area (Å²) in [6.07, 6.45) is 1.03. The Morgan fingerprint density at radius 1 is 1.39 bits per heavy atom. The van der Waals surface area contributed by atoms with Crippen molar-refractivity contribution in [2.24, 2.45) is 5.92 Å². The van der Waals surface area contributed by atoms with Crippen molar-refractivity contribution in [3.63, 3.8) is 0 Å². The average molecular weight is 247 g/mol. The molecule has 3 heteroatoms. The molecule has 0 N–H and O–H groups in total. The van der Waals surface area contributed by atoms with E-state index in [4.69, 9.17) is 4.74 Å². The SMILES string of the molecule is CC(=O)O[C@@H]1CCN(Cc2ccccc2)C[C@@H]1C. The molecule has 18 heavy (non-hydrogen) atoms. The third-order valence-electron chi connectivity index (χ3n) is 3.48. The molecule has 0 aliphatic carbocycles. The van der Waals surface area contributed by atoms with Crippen LogP contribution < -0.4 is 0 Å². The molecule has 0 bridgehead atoms. The van der Waals surface area contributed by atoms with Crippen LogP contribution in [0.2, 0.25) is 0 Å². The van der Waals surface area contributed by atoms with Gasteiger partial charge in [0.15, 0.2) is 0 Å². The number of carbonyl (C=O) groups excluding carboxylic acids is 1. The van der Waals surface area contributed by atoms with Gasteiger partial charge >= 0.3 is 5.97 Å². The summed E-state index contributed by atoms with van der Waals surface area (Å²) in [4.78, 5) is 13.4. The molecule has 1 saturated heterocycles. The normalized spacial score (nSPS) is 24.8. The molecule has 0 saturated carbocycles. The third kappa shape index (κ3) is 3.57. The minimum atomic E-state index is -0.164. The summed E-state index contributed by atoms with van der Waals surface area (Å²) in [5, 5.41) is 0. The molecule has 3 nitrogen and oxygen atoms in total. The third-order valence-corrected chi connectivity index (χ3v) is 3.48. The minimum Gasteiger partial charge on any atom is -0.462 e. The van der Waals surface area contributed by atoms with Gasteiger partial charge in [0.05, 0.1) is 0 Å². The zero-order chi connectivity index (χ0) is 13.0. The zero-order valence-corrected chi connectivity index (χ0v) is 11.1. The van der Waals surface area contributed by atoms with Crippen molar-refractivity contribution in [2.75, 3.05) is 13.1 Å². The Hall–Kier alpha value is -1.35. The molecule has 0 radical (unpaired) electrons. The van der Waals surface area contributed by atoms with E-state index in [0.29, 0.717) is 5.92 Å². The second kappa shape index (κ2) is 6.01. The highest BCUT2D eigenvalue weighted by Crippen LogP contribution is 2.21. The maximum atomic E-state index is 11.0. The van der Waals surface area contributed by atoms with Gasteiger partial charge in [0.2, 0.25) is 0 Å². The average Bonchev–Trinajstić information content (AvgIpc) is 2.33. The lowest BCUT2D eigenvalue weighted by Crippen LogP contribution is -2.43. The lowest BCUT2D eigenvalue weighted by Gasteiger charge is -2.36. The van der Waals surface area contributed by atoms with E-state index >= 15 is 0 Å². The zero-order valence-electron chi connectivity index (χ0n) is 11.1. The highest BCUT2D eigenvalue weighted by atomic mass is 16.5. The van der Waals surface area contributed by atoms with Gasteiger partial charge in [-0.2, -0.15) is 0 Å². The van der Waals surface area contributed by atoms with Gasteiger partial charge in [-0.15, -0.1) is 0 Å². The Balaban J connectivity index is 1.86. The number of carbonyl (C=O) groups is 1. The van der Waals surface area contributed by atoms with Crippen LogP contribution in [0.5, 0.6) is 0 Å². The van der Waals surface area contributed by atoms with Crippen molar-refractivity contribution in [3.8, 4) is 0 Å². The van der Waals surface area contributed by atoms with Crippen LogP contribution in [-0.4, -0.2) is 30.1 Å². The first kappa shape index (κ1) is 13.1. The van der Waals surface area contributed by atoms with Crippen LogP contribution in [-0.2, 0) is 16.1 Å². The Morgan fingerprint density at radius 2 is 2.11 bits per heavy atom. The van der Waals surface area contributed by atoms with Crippen LogP contribution in [0, 0.1) is 5.92 Å². The molecule has 0 unspecified atom stereocenters. The number of nitrogens with zero attached hydrogens (tertiary/aromatic N) is 1. The lowest BCUT2D eigenvalue weighted by molar-refractivity contribution is -0.151. The molecular weight excluding hydrogens is 226 g/mol. The predicted molar refractivity (Wildman–Crippen MR) is 71.1 cm³/mol. The molecular formula is C15H21NO2. The molecule has 0 spiro atoms. The molecule has 1 aliphatic rings. The van der Waals surface area contributed by atoms with E-state index < -0.39 is 0 Å². The molecule has 1 aromatic rings. The maximum absolute atomic E-state index is 11.0. The number of piperidine rings is 1. The van der Waals surface area contributed by atoms with Crippen molar-refractivity contribution < 1.29 is 9.53 Å². The van der Waals surface area contributed by atoms with E-state index in [1.807, 2.05) is 6.07 Å². The largest absolute Gasteiger partial charge is 0.462 e. The molecule has 1 heterocycles. The van der Waals surface area contributed by atoms with E-state index in [1.165, 1.54) is 12.5 Å². The lowest BCUT2D eigenvalue weighted by atomic mass is 9.96. The van der Waals surface area contributed by atoms with Crippen molar-refractivity contribution in [2.45, 2.75) is 32.9 Å². The fourth-order valence-electron chi connectivity index (χ4n) is 2.58. The van der Waals surface area contributed by atoms with Crippen molar-refractivity contribution in [3.05, 3.63) is 35.9 Å². The number of rotatable bonds is 3. The summed E-state index contributed by atoms with van der Waals surface area (Å²) < 4.78 is 5.34. The quantitative estimate of drug-likeness (QED) is 0.768. The molecule has 1 aliphatic heterocycles. The van der Waals surface area contributed by atoms with Gasteiger partial charge in [-0.3, -0.25) is 9.69 Å². The first-order chi connectivity index (χ1) is 8.65. The molecule has 0 amide bonds. The van der Waals surface area contributed by atoms with Crippen LogP contribution in [0.25, 0.3) is 0 Å². The fraction of sp³-hybridized carbons (Fsp3) is 0.533. The Morgan fingerprint density at radius 3 is 2.72 bits per heavy atom. The molecule has 0 aromatic heterocycles. The van der Waals surface area contributed by atoms with E-state index in [1.54, 1.807) is 0 Å². The van der Waals surface area contributed by atoms with Gasteiger partial charge in [0, 0.05) is 32.5 Å². The Labute approximate surface area is 109 Å². The second-order valence-corrected chi connectivity index (χ2v) is 5.13. The summed E-state index contributed by atoms with van der Waals surface area (Å²) in [5.41, 5.74) is 1.34. The molecule has 1 aromatic carbocycles. The first-order valence-corrected chi connectivity index (χ1v) is 6.58. The van der Waals surface area contributed by atoms with E-state index in [-0.39, 0.29) is 12.1 Å². The number of hydrogen-bond acceptors (Lipinski definition) is 3. The number of benzene rings is 1. The number of hydrogen-bond donors (Lipinski definition) is 0. The fourth-order valence-corrected chi connectivity index (χ4v) is 2.58. The number of ether oxygens (including phenoxy) is 1. The smallest absolute Gasteiger partial charge is 0.302 e. The van der Waals surface area contributed by atoms with Gasteiger partial charge in [0.1, 0.15) is 6.10 Å². The van der Waals surface area contributed by atoms with Crippen LogP contribution >= 0.6 is 0 Å². The van der Waals surface area contributed by atoms with Crippen LogP contribution in [0.1, 0.15) is 25.8 Å². The highest BCUT2D eigenvalue weighted by molar-refractivity contribution is 5.66. The van der Waals surface area contributed by atoms with E-state index in [0.717, 1.165) is 26.1 Å². The predicted octanol–water partition coefficient (Wildman–Crippen LogP) is 2.46. The van der Waals surface area contributed by atoms with Crippen molar-refractivity contribution in [1.82, 2.24) is 4.90 Å². The number of likely N-dealkylation sites (tertiary alicyclic amines) is 1. The standard InChI is InChI=1S/C15H21NO2/c1-12-10-16(9-8-15(12)18-13(2)17)11-14-6-4-3-5-7-14/h3-7,12,15H,8-11H2,1-2H3/t12-,15+/m0/s1. The van der Waals surface area contributed by atoms with Gasteiger partial charge in [-0.05, 0) is 12.0 Å². The van der Waals surface area contributed by atoms with Gasteiger partial charge in [-0.1, -0.05) is 37.3 Å². The molecule has 1 fully saturated rings. The summed E-state index contributed by atoms with van der Waals surface area (Å²) in [5.74, 6) is 0.245. The minimum absolute atomic E-state index is 0.0922. The van der Waals surface area contributed by atoms with E-state index in [2.05, 4.69) is 36.1 Å². The monoisotopic (exact) mass is 247 g/mol. The highest BCUT2D eigenvalue weighted by Gasteiger charge is 2.27. The number of esters is 1. The summed E-state index contributed by atoms with van der Waals surface area (Å²) in [7, 11) is 0. The molecule has 98 valence electrons. The second-order valence-electron chi connectivity index (χ2n) is 5.13. The van der Waals surface area contributed by atoms with Gasteiger partial charge in [0.25, 0.3) is 0 Å². The Kier molecular flexibility index (Phi) is 4.37. The van der Waals surface area contributed by atoms with E-state index in [9.17, 15) is 4.79 Å². The summed E-state index contributed by atoms with van der Waals surface area (Å²) in [6.45, 7) is 6.62. The van der Waals surface area contributed by atoms with Crippen LogP contribution in [0.4, 0.5) is 0 Å². The molecule has 2 atom stereocenters. The summed E-state index contributed by atoms with van der Waals surface area (Å²) in [6, 6.07) is 10.5.